The van der Waals surface area contributed by atoms with Gasteiger partial charge in [0, 0.05) is 6.20 Å². The molecule has 0 radical (unpaired) electrons. The SMILES string of the molecule is COc1ccc(OCCNC(=O)Cn2ccc3ccc(F)cc32)cc1. The van der Waals surface area contributed by atoms with Crippen LogP contribution in [0.3, 0.4) is 0 Å². The number of carbonyl (C=O) groups is 1. The van der Waals surface area contributed by atoms with E-state index in [9.17, 15) is 9.18 Å². The fourth-order valence-corrected chi connectivity index (χ4v) is 2.54. The summed E-state index contributed by atoms with van der Waals surface area (Å²) >= 11 is 0. The number of fused-ring (bicyclic) bond motifs is 1. The van der Waals surface area contributed by atoms with Crippen molar-refractivity contribution in [2.24, 2.45) is 0 Å². The van der Waals surface area contributed by atoms with Crippen molar-refractivity contribution in [1.29, 1.82) is 0 Å². The van der Waals surface area contributed by atoms with Crippen LogP contribution in [0.1, 0.15) is 0 Å². The Morgan fingerprint density at radius 1 is 1.12 bits per heavy atom. The molecule has 0 bridgehead atoms. The van der Waals surface area contributed by atoms with Crippen molar-refractivity contribution in [3.8, 4) is 11.5 Å². The van der Waals surface area contributed by atoms with Gasteiger partial charge in [-0.05, 0) is 53.9 Å². The number of nitrogens with one attached hydrogen (secondary N) is 1. The largest absolute Gasteiger partial charge is 0.497 e. The van der Waals surface area contributed by atoms with Crippen molar-refractivity contribution >= 4 is 16.8 Å². The molecule has 0 spiro atoms. The highest BCUT2D eigenvalue weighted by atomic mass is 19.1. The summed E-state index contributed by atoms with van der Waals surface area (Å²) in [6, 6.07) is 13.6. The van der Waals surface area contributed by atoms with Gasteiger partial charge in [-0.25, -0.2) is 4.39 Å². The first-order valence-electron chi connectivity index (χ1n) is 7.93. The van der Waals surface area contributed by atoms with Crippen molar-refractivity contribution < 1.29 is 18.7 Å². The molecule has 130 valence electrons. The van der Waals surface area contributed by atoms with Crippen LogP contribution in [-0.4, -0.2) is 30.7 Å². The molecule has 2 aromatic carbocycles. The van der Waals surface area contributed by atoms with E-state index in [4.69, 9.17) is 9.47 Å². The average molecular weight is 342 g/mol. The Morgan fingerprint density at radius 3 is 2.64 bits per heavy atom. The molecule has 0 saturated heterocycles. The summed E-state index contributed by atoms with van der Waals surface area (Å²) in [6.45, 7) is 0.882. The number of hydrogen-bond acceptors (Lipinski definition) is 3. The van der Waals surface area contributed by atoms with E-state index in [1.54, 1.807) is 36.1 Å². The van der Waals surface area contributed by atoms with Gasteiger partial charge in [0.25, 0.3) is 0 Å². The predicted octanol–water partition coefficient (Wildman–Crippen LogP) is 2.98. The van der Waals surface area contributed by atoms with Gasteiger partial charge in [0.1, 0.15) is 30.5 Å². The molecule has 0 saturated carbocycles. The van der Waals surface area contributed by atoms with Crippen LogP contribution in [0.4, 0.5) is 4.39 Å². The van der Waals surface area contributed by atoms with E-state index in [0.717, 1.165) is 11.1 Å². The zero-order chi connectivity index (χ0) is 17.6. The fraction of sp³-hybridized carbons (Fsp3) is 0.211. The van der Waals surface area contributed by atoms with Crippen molar-refractivity contribution in [2.45, 2.75) is 6.54 Å². The third-order valence-corrected chi connectivity index (χ3v) is 3.80. The predicted molar refractivity (Wildman–Crippen MR) is 93.4 cm³/mol. The zero-order valence-electron chi connectivity index (χ0n) is 13.9. The Hall–Kier alpha value is -3.02. The monoisotopic (exact) mass is 342 g/mol. The summed E-state index contributed by atoms with van der Waals surface area (Å²) in [6.07, 6.45) is 1.78. The number of methoxy groups -OCH3 is 1. The molecule has 0 atom stereocenters. The number of nitrogens with zero attached hydrogens (tertiary/aromatic N) is 1. The highest BCUT2D eigenvalue weighted by Crippen LogP contribution is 2.17. The van der Waals surface area contributed by atoms with E-state index in [-0.39, 0.29) is 18.3 Å². The zero-order valence-corrected chi connectivity index (χ0v) is 13.9. The van der Waals surface area contributed by atoms with Gasteiger partial charge in [-0.1, -0.05) is 0 Å². The summed E-state index contributed by atoms with van der Waals surface area (Å²) in [5, 5.41) is 3.69. The van der Waals surface area contributed by atoms with Crippen molar-refractivity contribution in [2.75, 3.05) is 20.3 Å². The number of ether oxygens (including phenoxy) is 2. The molecule has 1 amide bonds. The molecule has 25 heavy (non-hydrogen) atoms. The lowest BCUT2D eigenvalue weighted by molar-refractivity contribution is -0.121. The topological polar surface area (TPSA) is 52.5 Å². The minimum atomic E-state index is -0.319. The van der Waals surface area contributed by atoms with Gasteiger partial charge in [0.2, 0.25) is 5.91 Å². The van der Waals surface area contributed by atoms with Crippen LogP contribution >= 0.6 is 0 Å². The highest BCUT2D eigenvalue weighted by molar-refractivity contribution is 5.83. The molecule has 0 aliphatic carbocycles. The van der Waals surface area contributed by atoms with E-state index in [1.165, 1.54) is 12.1 Å². The first kappa shape index (κ1) is 16.8. The fourth-order valence-electron chi connectivity index (χ4n) is 2.54. The number of hydrogen-bond donors (Lipinski definition) is 1. The van der Waals surface area contributed by atoms with E-state index in [2.05, 4.69) is 5.32 Å². The van der Waals surface area contributed by atoms with Crippen LogP contribution in [0.5, 0.6) is 11.5 Å². The van der Waals surface area contributed by atoms with Crippen LogP contribution in [-0.2, 0) is 11.3 Å². The van der Waals surface area contributed by atoms with Gasteiger partial charge in [-0.3, -0.25) is 4.79 Å². The quantitative estimate of drug-likeness (QED) is 0.672. The number of amides is 1. The minimum absolute atomic E-state index is 0.134. The van der Waals surface area contributed by atoms with Crippen LogP contribution < -0.4 is 14.8 Å². The molecular formula is C19H19FN2O3. The van der Waals surface area contributed by atoms with Gasteiger partial charge >= 0.3 is 0 Å². The summed E-state index contributed by atoms with van der Waals surface area (Å²) in [5.74, 6) is 0.999. The van der Waals surface area contributed by atoms with Crippen LogP contribution in [0.2, 0.25) is 0 Å². The Bertz CT molecular complexity index is 859. The first-order valence-corrected chi connectivity index (χ1v) is 7.93. The van der Waals surface area contributed by atoms with Gasteiger partial charge in [-0.2, -0.15) is 0 Å². The maximum absolute atomic E-state index is 13.4. The molecule has 0 fully saturated rings. The van der Waals surface area contributed by atoms with E-state index in [1.807, 2.05) is 18.2 Å². The Labute approximate surface area is 145 Å². The number of aromatic nitrogens is 1. The molecule has 1 aromatic heterocycles. The van der Waals surface area contributed by atoms with Crippen molar-refractivity contribution in [1.82, 2.24) is 9.88 Å². The lowest BCUT2D eigenvalue weighted by Crippen LogP contribution is -2.31. The third kappa shape index (κ3) is 4.29. The second-order valence-corrected chi connectivity index (χ2v) is 5.52. The number of halogens is 1. The second kappa shape index (κ2) is 7.70. The molecule has 0 aliphatic heterocycles. The molecule has 5 nitrogen and oxygen atoms in total. The van der Waals surface area contributed by atoms with Crippen LogP contribution in [0.25, 0.3) is 10.9 Å². The molecule has 3 aromatic rings. The number of carbonyl (C=O) groups excluding carboxylic acids is 1. The maximum Gasteiger partial charge on any atom is 0.240 e. The molecule has 0 aliphatic rings. The normalized spacial score (nSPS) is 10.6. The molecule has 6 heteroatoms. The Balaban J connectivity index is 1.46. The second-order valence-electron chi connectivity index (χ2n) is 5.52. The van der Waals surface area contributed by atoms with E-state index >= 15 is 0 Å². The standard InChI is InChI=1S/C19H19FN2O3/c1-24-16-4-6-17(7-5-16)25-11-9-21-19(23)13-22-10-8-14-2-3-15(20)12-18(14)22/h2-8,10,12H,9,11,13H2,1H3,(H,21,23). The van der Waals surface area contributed by atoms with Gasteiger partial charge in [0.05, 0.1) is 19.2 Å². The highest BCUT2D eigenvalue weighted by Gasteiger charge is 2.07. The van der Waals surface area contributed by atoms with Crippen molar-refractivity contribution in [3.05, 3.63) is 60.5 Å². The van der Waals surface area contributed by atoms with Gasteiger partial charge < -0.3 is 19.4 Å². The summed E-state index contributed by atoms with van der Waals surface area (Å²) in [5.41, 5.74) is 0.699. The number of benzene rings is 2. The van der Waals surface area contributed by atoms with Crippen molar-refractivity contribution in [3.63, 3.8) is 0 Å². The molecule has 3 rings (SSSR count). The molecule has 0 unspecified atom stereocenters. The van der Waals surface area contributed by atoms with Gasteiger partial charge in [0.15, 0.2) is 0 Å². The van der Waals surface area contributed by atoms with Crippen LogP contribution in [0, 0.1) is 5.82 Å². The molecular weight excluding hydrogens is 323 g/mol. The smallest absolute Gasteiger partial charge is 0.240 e. The Kier molecular flexibility index (Phi) is 5.18. The van der Waals surface area contributed by atoms with Crippen LogP contribution in [0.15, 0.2) is 54.7 Å². The summed E-state index contributed by atoms with van der Waals surface area (Å²) in [7, 11) is 1.60. The lowest BCUT2D eigenvalue weighted by Gasteiger charge is -2.09. The average Bonchev–Trinajstić information content (AvgIpc) is 3.01. The third-order valence-electron chi connectivity index (χ3n) is 3.80. The number of rotatable bonds is 7. The lowest BCUT2D eigenvalue weighted by atomic mass is 10.2. The van der Waals surface area contributed by atoms with Gasteiger partial charge in [-0.15, -0.1) is 0 Å². The molecule has 1 N–H and O–H groups in total. The summed E-state index contributed by atoms with van der Waals surface area (Å²) < 4.78 is 25.7. The Morgan fingerprint density at radius 2 is 1.88 bits per heavy atom. The molecule has 1 heterocycles. The minimum Gasteiger partial charge on any atom is -0.497 e. The van der Waals surface area contributed by atoms with E-state index < -0.39 is 0 Å². The maximum atomic E-state index is 13.4. The van der Waals surface area contributed by atoms with E-state index in [0.29, 0.717) is 24.4 Å². The summed E-state index contributed by atoms with van der Waals surface area (Å²) in [4.78, 5) is 12.0. The first-order chi connectivity index (χ1) is 12.2.